The van der Waals surface area contributed by atoms with E-state index in [4.69, 9.17) is 4.74 Å². The van der Waals surface area contributed by atoms with Gasteiger partial charge in [-0.25, -0.2) is 0 Å². The van der Waals surface area contributed by atoms with Gasteiger partial charge in [0.2, 0.25) is 0 Å². The predicted molar refractivity (Wildman–Crippen MR) is 126 cm³/mol. The summed E-state index contributed by atoms with van der Waals surface area (Å²) in [7, 11) is 1.53. The summed E-state index contributed by atoms with van der Waals surface area (Å²) < 4.78 is 5.33. The third-order valence-corrected chi connectivity index (χ3v) is 6.42. The number of phenolic OH excluding ortho intramolecular Hbond substituents is 1. The Hall–Kier alpha value is -3.73. The molecule has 2 aliphatic rings. The molecule has 32 heavy (non-hydrogen) atoms. The highest BCUT2D eigenvalue weighted by atomic mass is 16.5. The van der Waals surface area contributed by atoms with E-state index in [9.17, 15) is 9.90 Å². The van der Waals surface area contributed by atoms with Crippen LogP contribution in [0.2, 0.25) is 0 Å². The average Bonchev–Trinajstić information content (AvgIpc) is 2.96. The molecule has 1 aliphatic heterocycles. The van der Waals surface area contributed by atoms with Crippen molar-refractivity contribution in [1.29, 1.82) is 0 Å². The van der Waals surface area contributed by atoms with Crippen molar-refractivity contribution in [3.63, 3.8) is 0 Å². The van der Waals surface area contributed by atoms with Crippen molar-refractivity contribution >= 4 is 17.2 Å². The fourth-order valence-corrected chi connectivity index (χ4v) is 4.74. The predicted octanol–water partition coefficient (Wildman–Crippen LogP) is 5.69. The molecule has 5 rings (SSSR count). The second kappa shape index (κ2) is 8.08. The molecule has 0 unspecified atom stereocenters. The lowest BCUT2D eigenvalue weighted by molar-refractivity contribution is -0.116. The molecular weight excluding hydrogens is 400 g/mol. The first-order chi connectivity index (χ1) is 15.5. The largest absolute Gasteiger partial charge is 0.504 e. The molecule has 0 saturated heterocycles. The Balaban J connectivity index is 1.63. The standard InChI is InChI=1S/C27H26N2O3/c1-16-10-12-17(13-11-16)18-14-22-25(23(30)15-18)26(19-6-5-9-24(32-2)27(19)31)29-21-8-4-3-7-20(21)28-22/h3-13,18,26,28-29,31H,14-15H2,1-2H3/t18-,26-/m1/s1. The maximum absolute atomic E-state index is 13.6. The molecule has 3 aromatic carbocycles. The Kier molecular flexibility index (Phi) is 5.10. The van der Waals surface area contributed by atoms with Crippen molar-refractivity contribution in [2.75, 3.05) is 17.7 Å². The van der Waals surface area contributed by atoms with E-state index < -0.39 is 6.04 Å². The monoisotopic (exact) mass is 426 g/mol. The van der Waals surface area contributed by atoms with Crippen LogP contribution in [0.4, 0.5) is 11.4 Å². The lowest BCUT2D eigenvalue weighted by Crippen LogP contribution is -2.27. The van der Waals surface area contributed by atoms with E-state index in [1.165, 1.54) is 18.2 Å². The summed E-state index contributed by atoms with van der Waals surface area (Å²) in [6.07, 6.45) is 1.16. The number of nitrogens with one attached hydrogen (secondary N) is 2. The number of methoxy groups -OCH3 is 1. The van der Waals surface area contributed by atoms with Crippen molar-refractivity contribution < 1.29 is 14.6 Å². The molecule has 1 heterocycles. The van der Waals surface area contributed by atoms with E-state index in [0.717, 1.165) is 23.5 Å². The Morgan fingerprint density at radius 1 is 0.938 bits per heavy atom. The highest BCUT2D eigenvalue weighted by molar-refractivity contribution is 6.01. The Bertz CT molecular complexity index is 1210. The lowest BCUT2D eigenvalue weighted by Gasteiger charge is -2.30. The number of fused-ring (bicyclic) bond motifs is 1. The summed E-state index contributed by atoms with van der Waals surface area (Å²) in [6.45, 7) is 2.07. The number of carbonyl (C=O) groups excluding carboxylic acids is 1. The molecule has 162 valence electrons. The van der Waals surface area contributed by atoms with Crippen molar-refractivity contribution in [1.82, 2.24) is 0 Å². The molecule has 2 atom stereocenters. The third-order valence-electron chi connectivity index (χ3n) is 6.42. The van der Waals surface area contributed by atoms with Gasteiger partial charge in [-0.3, -0.25) is 4.79 Å². The molecule has 5 heteroatoms. The number of benzene rings is 3. The molecule has 3 N–H and O–H groups in total. The Morgan fingerprint density at radius 2 is 1.69 bits per heavy atom. The van der Waals surface area contributed by atoms with Gasteiger partial charge in [-0.15, -0.1) is 0 Å². The third kappa shape index (κ3) is 3.50. The normalized spacial score (nSPS) is 19.9. The molecule has 5 nitrogen and oxygen atoms in total. The SMILES string of the molecule is COc1cccc([C@H]2Nc3ccccc3NC3=C2C(=O)C[C@H](c2ccc(C)cc2)C3)c1O. The molecule has 0 fully saturated rings. The number of carbonyl (C=O) groups is 1. The highest BCUT2D eigenvalue weighted by Gasteiger charge is 2.37. The molecule has 0 bridgehead atoms. The van der Waals surface area contributed by atoms with Crippen LogP contribution in [0.15, 0.2) is 78.0 Å². The van der Waals surface area contributed by atoms with Gasteiger partial charge in [-0.05, 0) is 43.0 Å². The van der Waals surface area contributed by atoms with Crippen LogP contribution in [0, 0.1) is 6.92 Å². The van der Waals surface area contributed by atoms with E-state index >= 15 is 0 Å². The highest BCUT2D eigenvalue weighted by Crippen LogP contribution is 2.46. The van der Waals surface area contributed by atoms with Crippen molar-refractivity contribution in [3.05, 3.63) is 94.7 Å². The number of ether oxygens (including phenoxy) is 1. The number of aryl methyl sites for hydroxylation is 1. The summed E-state index contributed by atoms with van der Waals surface area (Å²) in [6, 6.07) is 21.2. The van der Waals surface area contributed by atoms with E-state index in [0.29, 0.717) is 23.3 Å². The minimum Gasteiger partial charge on any atom is -0.504 e. The summed E-state index contributed by atoms with van der Waals surface area (Å²) in [5, 5.41) is 17.9. The molecule has 0 radical (unpaired) electrons. The smallest absolute Gasteiger partial charge is 0.163 e. The maximum atomic E-state index is 13.6. The Labute approximate surface area is 187 Å². The maximum Gasteiger partial charge on any atom is 0.163 e. The minimum absolute atomic E-state index is 0.0483. The van der Waals surface area contributed by atoms with Crippen molar-refractivity contribution in [2.45, 2.75) is 31.7 Å². The van der Waals surface area contributed by atoms with Crippen LogP contribution in [-0.4, -0.2) is 18.0 Å². The van der Waals surface area contributed by atoms with Crippen molar-refractivity contribution in [3.8, 4) is 11.5 Å². The fraction of sp³-hybridized carbons (Fsp3) is 0.222. The molecule has 0 spiro atoms. The fourth-order valence-electron chi connectivity index (χ4n) is 4.74. The number of ketones is 1. The summed E-state index contributed by atoms with van der Waals surface area (Å²) in [5.74, 6) is 0.626. The van der Waals surface area contributed by atoms with Gasteiger partial charge < -0.3 is 20.5 Å². The van der Waals surface area contributed by atoms with Crippen LogP contribution < -0.4 is 15.4 Å². The van der Waals surface area contributed by atoms with Gasteiger partial charge >= 0.3 is 0 Å². The van der Waals surface area contributed by atoms with Crippen LogP contribution in [0.25, 0.3) is 0 Å². The van der Waals surface area contributed by atoms with Gasteiger partial charge in [-0.2, -0.15) is 0 Å². The van der Waals surface area contributed by atoms with Crippen LogP contribution >= 0.6 is 0 Å². The number of Topliss-reactive ketones (excluding diaryl/α,β-unsaturated/α-hetero) is 1. The van der Waals surface area contributed by atoms with E-state index in [-0.39, 0.29) is 17.5 Å². The summed E-state index contributed by atoms with van der Waals surface area (Å²) in [5.41, 5.74) is 6.37. The van der Waals surface area contributed by atoms with E-state index in [1.807, 2.05) is 36.4 Å². The summed E-state index contributed by atoms with van der Waals surface area (Å²) >= 11 is 0. The topological polar surface area (TPSA) is 70.6 Å². The summed E-state index contributed by atoms with van der Waals surface area (Å²) in [4.78, 5) is 13.6. The molecule has 3 aromatic rings. The molecule has 0 saturated carbocycles. The molecular formula is C27H26N2O3. The van der Waals surface area contributed by atoms with Gasteiger partial charge in [0.25, 0.3) is 0 Å². The van der Waals surface area contributed by atoms with Gasteiger partial charge in [-0.1, -0.05) is 54.1 Å². The number of rotatable bonds is 3. The zero-order valence-corrected chi connectivity index (χ0v) is 18.2. The van der Waals surface area contributed by atoms with E-state index in [1.54, 1.807) is 6.07 Å². The number of hydrogen-bond acceptors (Lipinski definition) is 5. The van der Waals surface area contributed by atoms with Gasteiger partial charge in [0.1, 0.15) is 0 Å². The van der Waals surface area contributed by atoms with Gasteiger partial charge in [0.05, 0.1) is 24.5 Å². The number of hydrogen-bond donors (Lipinski definition) is 3. The number of phenols is 1. The van der Waals surface area contributed by atoms with Crippen LogP contribution in [-0.2, 0) is 4.79 Å². The van der Waals surface area contributed by atoms with E-state index in [2.05, 4.69) is 41.8 Å². The number of anilines is 2. The van der Waals surface area contributed by atoms with Crippen LogP contribution in [0.5, 0.6) is 11.5 Å². The van der Waals surface area contributed by atoms with Gasteiger partial charge in [0, 0.05) is 23.3 Å². The van der Waals surface area contributed by atoms with Crippen LogP contribution in [0.3, 0.4) is 0 Å². The second-order valence-electron chi connectivity index (χ2n) is 8.48. The van der Waals surface area contributed by atoms with Crippen molar-refractivity contribution in [2.24, 2.45) is 0 Å². The van der Waals surface area contributed by atoms with Gasteiger partial charge in [0.15, 0.2) is 17.3 Å². The first kappa shape index (κ1) is 20.2. The average molecular weight is 427 g/mol. The molecule has 0 amide bonds. The first-order valence-corrected chi connectivity index (χ1v) is 10.9. The molecule has 0 aromatic heterocycles. The quantitative estimate of drug-likeness (QED) is 0.502. The lowest BCUT2D eigenvalue weighted by atomic mass is 9.78. The Morgan fingerprint density at radius 3 is 2.44 bits per heavy atom. The number of aromatic hydroxyl groups is 1. The number of allylic oxidation sites excluding steroid dienone is 1. The first-order valence-electron chi connectivity index (χ1n) is 10.9. The zero-order valence-electron chi connectivity index (χ0n) is 18.2. The zero-order chi connectivity index (χ0) is 22.2. The van der Waals surface area contributed by atoms with Crippen LogP contribution in [0.1, 0.15) is 41.5 Å². The molecule has 1 aliphatic carbocycles. The number of para-hydroxylation sites is 3. The second-order valence-corrected chi connectivity index (χ2v) is 8.48. The minimum atomic E-state index is -0.484.